The fourth-order valence-electron chi connectivity index (χ4n) is 2.37. The molecule has 0 bridgehead atoms. The van der Waals surface area contributed by atoms with E-state index >= 15 is 0 Å². The van der Waals surface area contributed by atoms with Crippen LogP contribution in [0.25, 0.3) is 10.1 Å². The van der Waals surface area contributed by atoms with Crippen LogP contribution < -0.4 is 10.5 Å². The normalized spacial score (nSPS) is 10.8. The Bertz CT molecular complexity index is 984. The van der Waals surface area contributed by atoms with Crippen LogP contribution in [0.15, 0.2) is 36.4 Å². The molecule has 0 aliphatic rings. The maximum absolute atomic E-state index is 13.8. The van der Waals surface area contributed by atoms with Crippen LogP contribution in [-0.4, -0.2) is 17.0 Å². The van der Waals surface area contributed by atoms with Crippen molar-refractivity contribution >= 4 is 44.9 Å². The molecular formula is C17H11ClFNO4S. The van der Waals surface area contributed by atoms with Gasteiger partial charge in [-0.2, -0.15) is 0 Å². The highest BCUT2D eigenvalue weighted by Crippen LogP contribution is 2.38. The number of hydrogen-bond acceptors (Lipinski definition) is 4. The highest BCUT2D eigenvalue weighted by molar-refractivity contribution is 7.21. The average Bonchev–Trinajstić information content (AvgIpc) is 2.96. The van der Waals surface area contributed by atoms with Crippen molar-refractivity contribution in [2.45, 2.75) is 6.61 Å². The zero-order chi connectivity index (χ0) is 18.1. The van der Waals surface area contributed by atoms with E-state index in [0.717, 1.165) is 11.3 Å². The fourth-order valence-corrected chi connectivity index (χ4v) is 3.76. The summed E-state index contributed by atoms with van der Waals surface area (Å²) in [6.45, 7) is -0.110. The molecule has 1 aromatic heterocycles. The molecule has 1 amide bonds. The molecule has 3 aromatic rings. The lowest BCUT2D eigenvalue weighted by Crippen LogP contribution is -2.10. The quantitative estimate of drug-likeness (QED) is 0.699. The minimum absolute atomic E-state index is 0.0382. The van der Waals surface area contributed by atoms with Gasteiger partial charge in [0.2, 0.25) is 5.91 Å². The van der Waals surface area contributed by atoms with Crippen LogP contribution in [0.3, 0.4) is 0 Å². The first-order valence-corrected chi connectivity index (χ1v) is 8.23. The van der Waals surface area contributed by atoms with Gasteiger partial charge in [0.05, 0.1) is 5.02 Å². The number of thiophene rings is 1. The number of aromatic carboxylic acids is 1. The molecule has 0 saturated carbocycles. The zero-order valence-electron chi connectivity index (χ0n) is 12.6. The Morgan fingerprint density at radius 2 is 1.88 bits per heavy atom. The van der Waals surface area contributed by atoms with Gasteiger partial charge in [-0.3, -0.25) is 4.79 Å². The second kappa shape index (κ2) is 6.70. The van der Waals surface area contributed by atoms with Crippen LogP contribution in [0.4, 0.5) is 4.39 Å². The number of carbonyl (C=O) groups is 2. The third kappa shape index (κ3) is 3.29. The lowest BCUT2D eigenvalue weighted by molar-refractivity contribution is 0.0699. The number of rotatable bonds is 5. The predicted octanol–water partition coefficient (Wildman–Crippen LogP) is 4.07. The number of halogens is 2. The van der Waals surface area contributed by atoms with Gasteiger partial charge in [-0.25, -0.2) is 9.18 Å². The summed E-state index contributed by atoms with van der Waals surface area (Å²) in [6, 6.07) is 8.75. The van der Waals surface area contributed by atoms with E-state index in [2.05, 4.69) is 0 Å². The Balaban J connectivity index is 1.97. The van der Waals surface area contributed by atoms with Crippen LogP contribution in [0.1, 0.15) is 25.6 Å². The summed E-state index contributed by atoms with van der Waals surface area (Å²) < 4.78 is 19.9. The highest BCUT2D eigenvalue weighted by atomic mass is 35.5. The topological polar surface area (TPSA) is 89.6 Å². The Morgan fingerprint density at radius 1 is 1.20 bits per heavy atom. The highest BCUT2D eigenvalue weighted by Gasteiger charge is 2.21. The maximum atomic E-state index is 13.8. The molecule has 3 N–H and O–H groups in total. The molecule has 25 heavy (non-hydrogen) atoms. The van der Waals surface area contributed by atoms with Crippen molar-refractivity contribution in [1.29, 1.82) is 0 Å². The summed E-state index contributed by atoms with van der Waals surface area (Å²) >= 11 is 7.02. The van der Waals surface area contributed by atoms with Crippen molar-refractivity contribution in [1.82, 2.24) is 0 Å². The molecule has 1 heterocycles. The van der Waals surface area contributed by atoms with E-state index in [4.69, 9.17) is 22.1 Å². The minimum Gasteiger partial charge on any atom is -0.489 e. The Morgan fingerprint density at radius 3 is 2.48 bits per heavy atom. The lowest BCUT2D eigenvalue weighted by Gasteiger charge is -2.08. The summed E-state index contributed by atoms with van der Waals surface area (Å²) in [5.41, 5.74) is 5.79. The van der Waals surface area contributed by atoms with E-state index in [9.17, 15) is 19.1 Å². The van der Waals surface area contributed by atoms with Crippen LogP contribution >= 0.6 is 22.9 Å². The van der Waals surface area contributed by atoms with Crippen molar-refractivity contribution < 1.29 is 23.8 Å². The summed E-state index contributed by atoms with van der Waals surface area (Å²) in [5, 5.41) is 9.58. The number of carbonyl (C=O) groups excluding carboxylic acids is 1. The summed E-state index contributed by atoms with van der Waals surface area (Å²) in [7, 11) is 0. The smallest absolute Gasteiger partial charge is 0.346 e. The molecule has 0 unspecified atom stereocenters. The molecule has 0 aliphatic heterocycles. The molecule has 3 rings (SSSR count). The van der Waals surface area contributed by atoms with Gasteiger partial charge in [0.25, 0.3) is 0 Å². The van der Waals surface area contributed by atoms with Crippen LogP contribution in [0.5, 0.6) is 5.75 Å². The van der Waals surface area contributed by atoms with Crippen molar-refractivity contribution in [3.8, 4) is 5.75 Å². The number of ether oxygens (including phenoxy) is 1. The van der Waals surface area contributed by atoms with E-state index in [1.807, 2.05) is 0 Å². The van der Waals surface area contributed by atoms with Gasteiger partial charge in [0.15, 0.2) is 0 Å². The average molecular weight is 380 g/mol. The first kappa shape index (κ1) is 17.2. The summed E-state index contributed by atoms with van der Waals surface area (Å²) in [6.07, 6.45) is 0. The van der Waals surface area contributed by atoms with Crippen molar-refractivity contribution in [2.75, 3.05) is 0 Å². The molecule has 8 heteroatoms. The molecule has 0 spiro atoms. The Hall–Kier alpha value is -2.64. The number of hydrogen-bond donors (Lipinski definition) is 2. The lowest BCUT2D eigenvalue weighted by atomic mass is 10.1. The van der Waals surface area contributed by atoms with Crippen molar-refractivity contribution in [3.63, 3.8) is 0 Å². The number of carboxylic acid groups (broad SMARTS) is 1. The molecule has 0 atom stereocenters. The number of amides is 1. The fraction of sp³-hybridized carbons (Fsp3) is 0.0588. The van der Waals surface area contributed by atoms with Gasteiger partial charge in [-0.1, -0.05) is 11.6 Å². The SMILES string of the molecule is NC(=O)c1ccc(OCc2c(C(=O)O)sc3ccc(F)c(Cl)c23)cc1. The summed E-state index contributed by atoms with van der Waals surface area (Å²) in [5.74, 6) is -1.92. The molecule has 0 saturated heterocycles. The minimum atomic E-state index is -1.14. The van der Waals surface area contributed by atoms with E-state index in [-0.39, 0.29) is 16.5 Å². The first-order valence-electron chi connectivity index (χ1n) is 7.04. The first-order chi connectivity index (χ1) is 11.9. The van der Waals surface area contributed by atoms with E-state index in [1.54, 1.807) is 0 Å². The van der Waals surface area contributed by atoms with Crippen LogP contribution in [0.2, 0.25) is 5.02 Å². The van der Waals surface area contributed by atoms with Crippen molar-refractivity contribution in [3.05, 3.63) is 63.2 Å². The van der Waals surface area contributed by atoms with Crippen molar-refractivity contribution in [2.24, 2.45) is 5.73 Å². The number of benzene rings is 2. The standard InChI is InChI=1S/C17H11ClFNO4S/c18-14-11(19)5-6-12-13(14)10(15(25-12)17(22)23)7-24-9-3-1-8(2-4-9)16(20)21/h1-6H,7H2,(H2,20,21)(H,22,23). The maximum Gasteiger partial charge on any atom is 0.346 e. The van der Waals surface area contributed by atoms with Gasteiger partial charge < -0.3 is 15.6 Å². The van der Waals surface area contributed by atoms with Gasteiger partial charge in [0, 0.05) is 21.2 Å². The van der Waals surface area contributed by atoms with Gasteiger partial charge >= 0.3 is 5.97 Å². The van der Waals surface area contributed by atoms with Gasteiger partial charge in [0.1, 0.15) is 23.1 Å². The van der Waals surface area contributed by atoms with E-state index in [1.165, 1.54) is 36.4 Å². The Labute approximate surface area is 150 Å². The number of carboxylic acids is 1. The molecule has 5 nitrogen and oxygen atoms in total. The second-order valence-electron chi connectivity index (χ2n) is 5.13. The third-order valence-electron chi connectivity index (χ3n) is 3.56. The largest absolute Gasteiger partial charge is 0.489 e. The molecule has 0 aliphatic carbocycles. The zero-order valence-corrected chi connectivity index (χ0v) is 14.2. The summed E-state index contributed by atoms with van der Waals surface area (Å²) in [4.78, 5) is 22.6. The van der Waals surface area contributed by atoms with Crippen LogP contribution in [0, 0.1) is 5.82 Å². The molecule has 2 aromatic carbocycles. The van der Waals surface area contributed by atoms with E-state index in [0.29, 0.717) is 27.0 Å². The van der Waals surface area contributed by atoms with Gasteiger partial charge in [-0.05, 0) is 36.4 Å². The monoisotopic (exact) mass is 379 g/mol. The number of nitrogens with two attached hydrogens (primary N) is 1. The van der Waals surface area contributed by atoms with Gasteiger partial charge in [-0.15, -0.1) is 11.3 Å². The second-order valence-corrected chi connectivity index (χ2v) is 6.56. The molecule has 0 radical (unpaired) electrons. The third-order valence-corrected chi connectivity index (χ3v) is 5.12. The predicted molar refractivity (Wildman–Crippen MR) is 93.0 cm³/mol. The Kier molecular flexibility index (Phi) is 4.61. The van der Waals surface area contributed by atoms with Crippen LogP contribution in [-0.2, 0) is 6.61 Å². The molecule has 0 fully saturated rings. The number of primary amides is 1. The molecule has 128 valence electrons. The molecular weight excluding hydrogens is 369 g/mol. The number of fused-ring (bicyclic) bond motifs is 1. The van der Waals surface area contributed by atoms with E-state index < -0.39 is 17.7 Å².